The first-order chi connectivity index (χ1) is 25.0. The topological polar surface area (TPSA) is 160 Å². The van der Waals surface area contributed by atoms with Crippen molar-refractivity contribution in [3.05, 3.63) is 113 Å². The van der Waals surface area contributed by atoms with Crippen molar-refractivity contribution >= 4 is 39.4 Å². The van der Waals surface area contributed by atoms with Crippen molar-refractivity contribution in [3.63, 3.8) is 0 Å². The van der Waals surface area contributed by atoms with E-state index in [2.05, 4.69) is 59.7 Å². The van der Waals surface area contributed by atoms with Gasteiger partial charge in [-0.1, -0.05) is 43.3 Å². The molecule has 4 atom stereocenters. The number of aliphatic hydroxyl groups excluding tert-OH is 1. The van der Waals surface area contributed by atoms with Gasteiger partial charge in [0.05, 0.1) is 17.1 Å². The van der Waals surface area contributed by atoms with E-state index in [1.807, 2.05) is 48.7 Å². The summed E-state index contributed by atoms with van der Waals surface area (Å²) in [4.78, 5) is 28.7. The lowest BCUT2D eigenvalue weighted by molar-refractivity contribution is -0.147. The number of hydrogen-bond acceptors (Lipinski definition) is 10. The first-order valence-electron chi connectivity index (χ1n) is 17.7. The van der Waals surface area contributed by atoms with Crippen LogP contribution in [0.5, 0.6) is 0 Å². The van der Waals surface area contributed by atoms with Gasteiger partial charge in [-0.15, -0.1) is 0 Å². The summed E-state index contributed by atoms with van der Waals surface area (Å²) < 4.78 is 6.63. The lowest BCUT2D eigenvalue weighted by Gasteiger charge is -2.39. The van der Waals surface area contributed by atoms with Crippen molar-refractivity contribution in [2.24, 2.45) is 11.3 Å². The highest BCUT2D eigenvalue weighted by Gasteiger charge is 2.45. The Morgan fingerprint density at radius 2 is 2.02 bits per heavy atom. The number of oxazole rings is 1. The van der Waals surface area contributed by atoms with E-state index in [-0.39, 0.29) is 5.92 Å². The Hall–Kier alpha value is -5.41. The molecule has 5 aromatic rings. The van der Waals surface area contributed by atoms with E-state index in [1.54, 1.807) is 20.0 Å². The quantitative estimate of drug-likeness (QED) is 0.122. The minimum atomic E-state index is -1.03. The number of rotatable bonds is 11. The summed E-state index contributed by atoms with van der Waals surface area (Å²) in [6.07, 6.45) is 9.86. The molecular formula is C41H43N7O4. The molecule has 11 nitrogen and oxygen atoms in total. The third-order valence-corrected chi connectivity index (χ3v) is 10.5. The van der Waals surface area contributed by atoms with Crippen LogP contribution in [0.25, 0.3) is 27.6 Å². The van der Waals surface area contributed by atoms with Crippen LogP contribution >= 0.6 is 0 Å². The fraction of sp³-hybridized carbons (Fsp3) is 0.341. The van der Waals surface area contributed by atoms with E-state index in [0.29, 0.717) is 73.0 Å². The number of carboxylic acids is 1. The standard InChI is InChI=1S/C41H43N7O4/c1-25-8-5-6-9-32(25)33-10-7-12-41(27(33)3,47-37-35-30(11-14-44-37)17-29(22-45-35)21-43-20-26(2)49)38-46-34-18-28(16-31(19-42)36(34)52-38)23-48-15-13-40(4,24-48)39(50)51/h5-12,14,16-18,22,26-27,43,49H,13,15,20-21,23-24H2,1-4H3,(H,44,47)(H,50,51)/t26?,27?,40-,41?/m1/s1. The maximum Gasteiger partial charge on any atom is 0.310 e. The van der Waals surface area contributed by atoms with Crippen LogP contribution in [0.1, 0.15) is 60.9 Å². The molecule has 2 aliphatic rings. The highest BCUT2D eigenvalue weighted by Crippen LogP contribution is 2.46. The number of nitrogens with one attached hydrogen (secondary N) is 2. The predicted octanol–water partition coefficient (Wildman–Crippen LogP) is 6.32. The van der Waals surface area contributed by atoms with Crippen molar-refractivity contribution in [2.45, 2.75) is 58.8 Å². The molecule has 0 radical (unpaired) electrons. The first kappa shape index (κ1) is 35.0. The van der Waals surface area contributed by atoms with E-state index in [9.17, 15) is 20.3 Å². The number of nitriles is 1. The van der Waals surface area contributed by atoms with Gasteiger partial charge in [-0.2, -0.15) is 5.26 Å². The molecule has 1 fully saturated rings. The Morgan fingerprint density at radius 3 is 2.77 bits per heavy atom. The Balaban J connectivity index is 1.30. The number of likely N-dealkylation sites (tertiary alicyclic amines) is 1. The number of allylic oxidation sites excluding steroid dienone is 2. The summed E-state index contributed by atoms with van der Waals surface area (Å²) in [5, 5.41) is 37.6. The number of benzene rings is 2. The molecule has 266 valence electrons. The first-order valence-corrected chi connectivity index (χ1v) is 17.7. The molecule has 1 saturated heterocycles. The number of carboxylic acid groups (broad SMARTS) is 1. The fourth-order valence-electron chi connectivity index (χ4n) is 7.50. The SMILES string of the molecule is Cc1ccccc1C1=CC=CC(Nc2nccc3cc(CNCC(C)O)cnc23)(c2nc3cc(CN4CC[C@@](C)(C(=O)O)C4)cc(C#N)c3o2)C1C. The summed E-state index contributed by atoms with van der Waals surface area (Å²) in [5.74, 6) is -0.0631. The minimum Gasteiger partial charge on any atom is -0.481 e. The Labute approximate surface area is 302 Å². The van der Waals surface area contributed by atoms with Crippen LogP contribution in [0.3, 0.4) is 0 Å². The molecule has 1 aliphatic carbocycles. The number of aromatic nitrogens is 3. The zero-order valence-electron chi connectivity index (χ0n) is 29.8. The average molecular weight is 698 g/mol. The second-order valence-electron chi connectivity index (χ2n) is 14.5. The highest BCUT2D eigenvalue weighted by atomic mass is 16.4. The maximum absolute atomic E-state index is 11.9. The molecule has 1 aliphatic heterocycles. The number of nitrogens with zero attached hydrogens (tertiary/aromatic N) is 5. The van der Waals surface area contributed by atoms with Crippen molar-refractivity contribution in [3.8, 4) is 6.07 Å². The number of anilines is 1. The van der Waals surface area contributed by atoms with Gasteiger partial charge in [0.1, 0.15) is 22.6 Å². The van der Waals surface area contributed by atoms with Gasteiger partial charge in [-0.3, -0.25) is 14.7 Å². The highest BCUT2D eigenvalue weighted by molar-refractivity contribution is 5.89. The summed E-state index contributed by atoms with van der Waals surface area (Å²) in [7, 11) is 0. The van der Waals surface area contributed by atoms with E-state index >= 15 is 0 Å². The lowest BCUT2D eigenvalue weighted by Crippen LogP contribution is -2.42. The summed E-state index contributed by atoms with van der Waals surface area (Å²) in [5.41, 5.74) is 5.36. The van der Waals surface area contributed by atoms with Crippen LogP contribution in [0, 0.1) is 29.6 Å². The molecular weight excluding hydrogens is 654 g/mol. The van der Waals surface area contributed by atoms with Gasteiger partial charge < -0.3 is 25.3 Å². The van der Waals surface area contributed by atoms with Gasteiger partial charge in [0.15, 0.2) is 11.4 Å². The number of aliphatic hydroxyl groups is 1. The molecule has 2 aromatic carbocycles. The zero-order chi connectivity index (χ0) is 36.6. The molecule has 7 rings (SSSR count). The molecule has 0 bridgehead atoms. The number of hydrogen-bond donors (Lipinski definition) is 4. The monoisotopic (exact) mass is 697 g/mol. The van der Waals surface area contributed by atoms with Crippen molar-refractivity contribution < 1.29 is 19.4 Å². The van der Waals surface area contributed by atoms with Gasteiger partial charge in [0.25, 0.3) is 0 Å². The van der Waals surface area contributed by atoms with Crippen LogP contribution < -0.4 is 10.6 Å². The zero-order valence-corrected chi connectivity index (χ0v) is 29.8. The van der Waals surface area contributed by atoms with E-state index < -0.39 is 23.0 Å². The van der Waals surface area contributed by atoms with Gasteiger partial charge in [-0.05, 0) is 91.9 Å². The number of pyridine rings is 2. The summed E-state index contributed by atoms with van der Waals surface area (Å²) >= 11 is 0. The van der Waals surface area contributed by atoms with Gasteiger partial charge in [0, 0.05) is 49.9 Å². The van der Waals surface area contributed by atoms with E-state index in [1.165, 1.54) is 0 Å². The number of aryl methyl sites for hydroxylation is 1. The van der Waals surface area contributed by atoms with Crippen molar-refractivity contribution in [1.29, 1.82) is 5.26 Å². The van der Waals surface area contributed by atoms with Crippen LogP contribution in [0.15, 0.2) is 83.6 Å². The van der Waals surface area contributed by atoms with Gasteiger partial charge in [-0.25, -0.2) is 9.97 Å². The number of carbonyl (C=O) groups is 1. The second kappa shape index (κ2) is 14.0. The molecule has 52 heavy (non-hydrogen) atoms. The minimum absolute atomic E-state index is 0.212. The molecule has 11 heteroatoms. The van der Waals surface area contributed by atoms with Crippen molar-refractivity contribution in [1.82, 2.24) is 25.2 Å². The Kier molecular flexibility index (Phi) is 9.40. The number of fused-ring (bicyclic) bond motifs is 2. The average Bonchev–Trinajstić information content (AvgIpc) is 3.73. The van der Waals surface area contributed by atoms with Crippen LogP contribution in [0.4, 0.5) is 5.82 Å². The fourth-order valence-corrected chi connectivity index (χ4v) is 7.50. The van der Waals surface area contributed by atoms with E-state index in [0.717, 1.165) is 33.2 Å². The largest absolute Gasteiger partial charge is 0.481 e. The number of aliphatic carboxylic acids is 1. The normalized spacial score (nSPS) is 22.4. The third-order valence-electron chi connectivity index (χ3n) is 10.5. The van der Waals surface area contributed by atoms with Crippen molar-refractivity contribution in [2.75, 3.05) is 25.0 Å². The maximum atomic E-state index is 11.9. The Bertz CT molecular complexity index is 2270. The molecule has 0 spiro atoms. The molecule has 3 unspecified atom stereocenters. The Morgan fingerprint density at radius 1 is 1.19 bits per heavy atom. The molecule has 4 heterocycles. The van der Waals surface area contributed by atoms with Crippen LogP contribution in [0.2, 0.25) is 0 Å². The smallest absolute Gasteiger partial charge is 0.310 e. The predicted molar refractivity (Wildman–Crippen MR) is 200 cm³/mol. The molecule has 0 amide bonds. The van der Waals surface area contributed by atoms with Crippen LogP contribution in [-0.2, 0) is 23.4 Å². The van der Waals surface area contributed by atoms with Crippen LogP contribution in [-0.4, -0.2) is 61.8 Å². The summed E-state index contributed by atoms with van der Waals surface area (Å²) in [6.45, 7) is 10.4. The molecule has 4 N–H and O–H groups in total. The third kappa shape index (κ3) is 6.57. The van der Waals surface area contributed by atoms with Gasteiger partial charge in [0.2, 0.25) is 5.89 Å². The molecule has 3 aromatic heterocycles. The van der Waals surface area contributed by atoms with E-state index in [4.69, 9.17) is 19.4 Å². The van der Waals surface area contributed by atoms with Gasteiger partial charge >= 0.3 is 5.97 Å². The molecule has 0 saturated carbocycles. The second-order valence-corrected chi connectivity index (χ2v) is 14.5. The lowest BCUT2D eigenvalue weighted by atomic mass is 9.73. The summed E-state index contributed by atoms with van der Waals surface area (Å²) in [6, 6.07) is 18.3.